The van der Waals surface area contributed by atoms with Crippen LogP contribution < -0.4 is 5.56 Å². The second-order valence-corrected chi connectivity index (χ2v) is 3.62. The molecule has 1 N–H and O–H groups in total. The Morgan fingerprint density at radius 3 is 2.57 bits per heavy atom. The van der Waals surface area contributed by atoms with Gasteiger partial charge in [0.25, 0.3) is 5.56 Å². The van der Waals surface area contributed by atoms with Gasteiger partial charge in [0.1, 0.15) is 11.3 Å². The molecule has 0 aliphatic heterocycles. The molecule has 0 saturated heterocycles. The van der Waals surface area contributed by atoms with Crippen molar-refractivity contribution in [2.45, 2.75) is 20.8 Å². The summed E-state index contributed by atoms with van der Waals surface area (Å²) in [5.41, 5.74) is 3.57. The minimum atomic E-state index is -0.0637. The van der Waals surface area contributed by atoms with Gasteiger partial charge >= 0.3 is 0 Å². The number of H-pyrrole nitrogens is 1. The first-order valence-electron chi connectivity index (χ1n) is 4.55. The van der Waals surface area contributed by atoms with Crippen LogP contribution in [0.2, 0.25) is 0 Å². The summed E-state index contributed by atoms with van der Waals surface area (Å²) in [5.74, 6) is 0.663. The van der Waals surface area contributed by atoms with Crippen LogP contribution >= 0.6 is 0 Å². The van der Waals surface area contributed by atoms with E-state index in [-0.39, 0.29) is 5.56 Å². The van der Waals surface area contributed by atoms with Crippen LogP contribution in [0.4, 0.5) is 0 Å². The van der Waals surface area contributed by atoms with E-state index in [4.69, 9.17) is 0 Å². The highest BCUT2D eigenvalue weighted by molar-refractivity contribution is 5.80. The van der Waals surface area contributed by atoms with E-state index in [0.717, 1.165) is 16.8 Å². The molecule has 0 atom stereocenters. The third-order valence-electron chi connectivity index (χ3n) is 2.75. The van der Waals surface area contributed by atoms with Crippen molar-refractivity contribution in [1.29, 1.82) is 0 Å². The zero-order valence-corrected chi connectivity index (χ0v) is 8.80. The summed E-state index contributed by atoms with van der Waals surface area (Å²) in [5, 5.41) is 0. The second-order valence-electron chi connectivity index (χ2n) is 3.62. The quantitative estimate of drug-likeness (QED) is 0.680. The number of rotatable bonds is 0. The van der Waals surface area contributed by atoms with Gasteiger partial charge in [0, 0.05) is 12.7 Å². The molecule has 74 valence electrons. The lowest BCUT2D eigenvalue weighted by atomic mass is 10.2. The van der Waals surface area contributed by atoms with Gasteiger partial charge in [-0.3, -0.25) is 4.79 Å². The summed E-state index contributed by atoms with van der Waals surface area (Å²) in [6.07, 6.45) is 0. The average molecular weight is 191 g/mol. The van der Waals surface area contributed by atoms with E-state index in [0.29, 0.717) is 11.3 Å². The first kappa shape index (κ1) is 8.99. The summed E-state index contributed by atoms with van der Waals surface area (Å²) in [6, 6.07) is 0. The van der Waals surface area contributed by atoms with Crippen molar-refractivity contribution in [3.8, 4) is 0 Å². The Balaban J connectivity index is 3.10. The van der Waals surface area contributed by atoms with Gasteiger partial charge in [-0.1, -0.05) is 0 Å². The number of aromatic amines is 1. The maximum atomic E-state index is 11.7. The van der Waals surface area contributed by atoms with Gasteiger partial charge in [0.15, 0.2) is 0 Å². The standard InChI is InChI=1S/C10H13N3O/c1-5-6(2)13(4)9-8(5)11-7(3)12-10(9)14/h1-4H3,(H,11,12,14). The minimum Gasteiger partial charge on any atom is -0.342 e. The molecule has 2 aromatic heterocycles. The van der Waals surface area contributed by atoms with Gasteiger partial charge in [-0.2, -0.15) is 0 Å². The Kier molecular flexibility index (Phi) is 1.74. The molecular weight excluding hydrogens is 178 g/mol. The molecule has 0 aromatic carbocycles. The fourth-order valence-corrected chi connectivity index (χ4v) is 1.74. The highest BCUT2D eigenvalue weighted by Crippen LogP contribution is 2.18. The Bertz CT molecular complexity index is 563. The van der Waals surface area contributed by atoms with Crippen LogP contribution in [-0.2, 0) is 7.05 Å². The number of aryl methyl sites for hydroxylation is 3. The topological polar surface area (TPSA) is 50.7 Å². The van der Waals surface area contributed by atoms with E-state index in [1.165, 1.54) is 0 Å². The third kappa shape index (κ3) is 0.999. The monoisotopic (exact) mass is 191 g/mol. The highest BCUT2D eigenvalue weighted by atomic mass is 16.1. The number of nitrogens with zero attached hydrogens (tertiary/aromatic N) is 2. The number of fused-ring (bicyclic) bond motifs is 1. The maximum absolute atomic E-state index is 11.7. The summed E-state index contributed by atoms with van der Waals surface area (Å²) >= 11 is 0. The van der Waals surface area contributed by atoms with Crippen molar-refractivity contribution < 1.29 is 0 Å². The first-order chi connectivity index (χ1) is 6.52. The minimum absolute atomic E-state index is 0.0637. The zero-order valence-electron chi connectivity index (χ0n) is 8.80. The predicted octanol–water partition coefficient (Wildman–Crippen LogP) is 1.19. The van der Waals surface area contributed by atoms with Crippen molar-refractivity contribution >= 4 is 11.0 Å². The fourth-order valence-electron chi connectivity index (χ4n) is 1.74. The fraction of sp³-hybridized carbons (Fsp3) is 0.400. The van der Waals surface area contributed by atoms with Gasteiger partial charge in [0.05, 0.1) is 5.52 Å². The molecule has 4 heteroatoms. The molecule has 14 heavy (non-hydrogen) atoms. The lowest BCUT2D eigenvalue weighted by Gasteiger charge is -1.97. The van der Waals surface area contributed by atoms with Crippen molar-refractivity contribution in [3.63, 3.8) is 0 Å². The largest absolute Gasteiger partial charge is 0.342 e. The summed E-state index contributed by atoms with van der Waals surface area (Å²) in [6.45, 7) is 5.78. The van der Waals surface area contributed by atoms with E-state index in [2.05, 4.69) is 9.97 Å². The molecule has 0 unspecified atom stereocenters. The molecule has 0 amide bonds. The van der Waals surface area contributed by atoms with Crippen molar-refractivity contribution in [2.75, 3.05) is 0 Å². The SMILES string of the molecule is Cc1nc2c(C)c(C)n(C)c2c(=O)[nH]1. The lowest BCUT2D eigenvalue weighted by molar-refractivity contribution is 0.899. The maximum Gasteiger partial charge on any atom is 0.275 e. The van der Waals surface area contributed by atoms with E-state index in [9.17, 15) is 4.79 Å². The van der Waals surface area contributed by atoms with Crippen LogP contribution in [0.15, 0.2) is 4.79 Å². The van der Waals surface area contributed by atoms with Crippen molar-refractivity contribution in [3.05, 3.63) is 27.4 Å². The number of hydrogen-bond donors (Lipinski definition) is 1. The van der Waals surface area contributed by atoms with Gasteiger partial charge in [-0.25, -0.2) is 4.98 Å². The summed E-state index contributed by atoms with van der Waals surface area (Å²) < 4.78 is 1.88. The zero-order chi connectivity index (χ0) is 10.5. The van der Waals surface area contributed by atoms with Crippen LogP contribution in [0.3, 0.4) is 0 Å². The first-order valence-corrected chi connectivity index (χ1v) is 4.55. The summed E-state index contributed by atoms with van der Waals surface area (Å²) in [4.78, 5) is 18.7. The number of aromatic nitrogens is 3. The van der Waals surface area contributed by atoms with Gasteiger partial charge < -0.3 is 9.55 Å². The van der Waals surface area contributed by atoms with E-state index in [1.54, 1.807) is 6.92 Å². The third-order valence-corrected chi connectivity index (χ3v) is 2.75. The predicted molar refractivity (Wildman–Crippen MR) is 55.5 cm³/mol. The lowest BCUT2D eigenvalue weighted by Crippen LogP contribution is -2.12. The van der Waals surface area contributed by atoms with Crippen LogP contribution in [0.1, 0.15) is 17.1 Å². The molecule has 4 nitrogen and oxygen atoms in total. The van der Waals surface area contributed by atoms with Crippen molar-refractivity contribution in [1.82, 2.24) is 14.5 Å². The van der Waals surface area contributed by atoms with E-state index in [1.807, 2.05) is 25.5 Å². The van der Waals surface area contributed by atoms with Crippen LogP contribution in [0.5, 0.6) is 0 Å². The smallest absolute Gasteiger partial charge is 0.275 e. The van der Waals surface area contributed by atoms with E-state index >= 15 is 0 Å². The Morgan fingerprint density at radius 2 is 1.93 bits per heavy atom. The molecule has 0 saturated carbocycles. The molecule has 2 heterocycles. The molecular formula is C10H13N3O. The van der Waals surface area contributed by atoms with Gasteiger partial charge in [-0.15, -0.1) is 0 Å². The van der Waals surface area contributed by atoms with Crippen LogP contribution in [-0.4, -0.2) is 14.5 Å². The van der Waals surface area contributed by atoms with Crippen LogP contribution in [0, 0.1) is 20.8 Å². The average Bonchev–Trinajstić information content (AvgIpc) is 2.31. The van der Waals surface area contributed by atoms with Gasteiger partial charge in [0.2, 0.25) is 0 Å². The van der Waals surface area contributed by atoms with Gasteiger partial charge in [-0.05, 0) is 26.3 Å². The Morgan fingerprint density at radius 1 is 1.29 bits per heavy atom. The molecule has 2 rings (SSSR count). The Hall–Kier alpha value is -1.58. The van der Waals surface area contributed by atoms with E-state index < -0.39 is 0 Å². The normalized spacial score (nSPS) is 11.1. The molecule has 0 aliphatic rings. The highest BCUT2D eigenvalue weighted by Gasteiger charge is 2.12. The number of nitrogens with one attached hydrogen (secondary N) is 1. The molecule has 2 aromatic rings. The Labute approximate surface area is 81.6 Å². The molecule has 0 spiro atoms. The number of hydrogen-bond acceptors (Lipinski definition) is 2. The molecule has 0 bridgehead atoms. The van der Waals surface area contributed by atoms with Crippen LogP contribution in [0.25, 0.3) is 11.0 Å². The molecule has 0 aliphatic carbocycles. The summed E-state index contributed by atoms with van der Waals surface area (Å²) in [7, 11) is 1.89. The molecule has 0 fully saturated rings. The van der Waals surface area contributed by atoms with Crippen molar-refractivity contribution in [2.24, 2.45) is 7.05 Å². The molecule has 0 radical (unpaired) electrons. The second kappa shape index (κ2) is 2.70.